The molecule has 0 aliphatic rings. The third kappa shape index (κ3) is 4.52. The van der Waals surface area contributed by atoms with Gasteiger partial charge in [0.15, 0.2) is 5.78 Å². The van der Waals surface area contributed by atoms with E-state index in [0.717, 1.165) is 21.9 Å². The Labute approximate surface area is 172 Å². The quantitative estimate of drug-likeness (QED) is 0.390. The van der Waals surface area contributed by atoms with Crippen LogP contribution in [0.15, 0.2) is 91.0 Å². The van der Waals surface area contributed by atoms with Crippen molar-refractivity contribution in [1.82, 2.24) is 4.90 Å². The summed E-state index contributed by atoms with van der Waals surface area (Å²) in [5.41, 5.74) is 3.60. The first-order chi connectivity index (χ1) is 13.9. The minimum atomic E-state index is -0.0917. The van der Waals surface area contributed by atoms with Gasteiger partial charge in [-0.3, -0.25) is 9.59 Å². The summed E-state index contributed by atoms with van der Waals surface area (Å²) < 4.78 is 0. The van der Waals surface area contributed by atoms with Crippen molar-refractivity contribution in [1.29, 1.82) is 0 Å². The van der Waals surface area contributed by atoms with E-state index in [1.54, 1.807) is 29.2 Å². The first-order valence-corrected chi connectivity index (χ1v) is 9.58. The van der Waals surface area contributed by atoms with Crippen molar-refractivity contribution in [3.63, 3.8) is 0 Å². The van der Waals surface area contributed by atoms with Crippen LogP contribution in [0.25, 0.3) is 10.8 Å². The van der Waals surface area contributed by atoms with Crippen molar-refractivity contribution in [3.8, 4) is 0 Å². The number of hydrogen-bond donors (Lipinski definition) is 0. The molecule has 29 heavy (non-hydrogen) atoms. The number of carbonyl (C=O) groups excluding carboxylic acids is 2. The van der Waals surface area contributed by atoms with Crippen LogP contribution in [-0.2, 0) is 0 Å². The molecule has 3 rings (SSSR count). The maximum Gasteiger partial charge on any atom is 0.255 e. The summed E-state index contributed by atoms with van der Waals surface area (Å²) in [7, 11) is 0. The van der Waals surface area contributed by atoms with Crippen LogP contribution in [0.4, 0.5) is 0 Å². The highest BCUT2D eigenvalue weighted by Gasteiger charge is 2.21. The first kappa shape index (κ1) is 20.3. The minimum Gasteiger partial charge on any atom is -0.331 e. The van der Waals surface area contributed by atoms with Gasteiger partial charge in [0.25, 0.3) is 5.91 Å². The van der Waals surface area contributed by atoms with Gasteiger partial charge in [0.1, 0.15) is 0 Å². The topological polar surface area (TPSA) is 37.4 Å². The molecule has 0 radical (unpaired) electrons. The molecule has 0 aliphatic heterocycles. The fraction of sp³-hybridized carbons (Fsp3) is 0.154. The highest BCUT2D eigenvalue weighted by atomic mass is 16.2. The third-order valence-corrected chi connectivity index (χ3v) is 4.64. The summed E-state index contributed by atoms with van der Waals surface area (Å²) in [5, 5.41) is 1.55. The monoisotopic (exact) mass is 383 g/mol. The molecule has 3 aromatic carbocycles. The summed E-state index contributed by atoms with van der Waals surface area (Å²) in [4.78, 5) is 28.1. The zero-order chi connectivity index (χ0) is 21.0. The Bertz CT molecular complexity index is 1080. The zero-order valence-corrected chi connectivity index (χ0v) is 16.9. The molecule has 3 heteroatoms. The Morgan fingerprint density at radius 3 is 1.76 bits per heavy atom. The van der Waals surface area contributed by atoms with Crippen LogP contribution in [0.1, 0.15) is 40.1 Å². The van der Waals surface area contributed by atoms with Gasteiger partial charge >= 0.3 is 0 Å². The van der Waals surface area contributed by atoms with Crippen LogP contribution in [0.5, 0.6) is 0 Å². The average molecular weight is 383 g/mol. The number of amides is 1. The molecule has 0 atom stereocenters. The molecule has 0 spiro atoms. The van der Waals surface area contributed by atoms with Gasteiger partial charge in [0.2, 0.25) is 0 Å². The molecule has 0 heterocycles. The van der Waals surface area contributed by atoms with Gasteiger partial charge in [0.05, 0.1) is 0 Å². The van der Waals surface area contributed by atoms with Gasteiger partial charge in [-0.05, 0) is 36.8 Å². The SMILES string of the molecule is C=C(C)CN(CC(=C)C)C(=O)c1ccc(C(=O)c2ccccc2)c2ccccc12. The maximum absolute atomic E-state index is 13.3. The molecular formula is C26H25NO2. The Balaban J connectivity index is 2.09. The zero-order valence-electron chi connectivity index (χ0n) is 16.9. The smallest absolute Gasteiger partial charge is 0.255 e. The summed E-state index contributed by atoms with van der Waals surface area (Å²) in [5.74, 6) is -0.146. The van der Waals surface area contributed by atoms with Gasteiger partial charge < -0.3 is 4.90 Å². The lowest BCUT2D eigenvalue weighted by Gasteiger charge is -2.24. The van der Waals surface area contributed by atoms with Gasteiger partial charge in [-0.15, -0.1) is 0 Å². The summed E-state index contributed by atoms with van der Waals surface area (Å²) in [6.07, 6.45) is 0. The number of hydrogen-bond acceptors (Lipinski definition) is 2. The van der Waals surface area contributed by atoms with Crippen LogP contribution < -0.4 is 0 Å². The fourth-order valence-corrected chi connectivity index (χ4v) is 3.45. The predicted octanol–water partition coefficient (Wildman–Crippen LogP) is 5.67. The van der Waals surface area contributed by atoms with E-state index in [1.807, 2.05) is 56.3 Å². The number of fused-ring (bicyclic) bond motifs is 1. The van der Waals surface area contributed by atoms with Crippen molar-refractivity contribution >= 4 is 22.5 Å². The van der Waals surface area contributed by atoms with Gasteiger partial charge in [-0.25, -0.2) is 0 Å². The second-order valence-electron chi connectivity index (χ2n) is 7.48. The van der Waals surface area contributed by atoms with E-state index in [-0.39, 0.29) is 11.7 Å². The van der Waals surface area contributed by atoms with Crippen LogP contribution in [-0.4, -0.2) is 29.7 Å². The number of benzene rings is 3. The summed E-state index contributed by atoms with van der Waals surface area (Å²) >= 11 is 0. The minimum absolute atomic E-state index is 0.0541. The van der Waals surface area contributed by atoms with Gasteiger partial charge in [-0.1, -0.05) is 78.9 Å². The number of carbonyl (C=O) groups is 2. The Morgan fingerprint density at radius 1 is 0.724 bits per heavy atom. The van der Waals surface area contributed by atoms with Gasteiger partial charge in [-0.2, -0.15) is 0 Å². The molecule has 0 bridgehead atoms. The standard InChI is InChI=1S/C26H25NO2/c1-18(2)16-27(17-19(3)4)26(29)24-15-14-23(21-12-8-9-13-22(21)24)25(28)20-10-6-5-7-11-20/h5-15H,1,3,16-17H2,2,4H3. The molecule has 0 N–H and O–H groups in total. The normalized spacial score (nSPS) is 10.6. The molecule has 0 saturated carbocycles. The second kappa shape index (κ2) is 8.70. The maximum atomic E-state index is 13.3. The van der Waals surface area contributed by atoms with Crippen LogP contribution in [0, 0.1) is 0 Å². The van der Waals surface area contributed by atoms with Crippen molar-refractivity contribution in [2.45, 2.75) is 13.8 Å². The highest BCUT2D eigenvalue weighted by molar-refractivity contribution is 6.19. The van der Waals surface area contributed by atoms with Crippen LogP contribution in [0.2, 0.25) is 0 Å². The van der Waals surface area contributed by atoms with E-state index >= 15 is 0 Å². The van der Waals surface area contributed by atoms with Crippen LogP contribution in [0.3, 0.4) is 0 Å². The predicted molar refractivity (Wildman–Crippen MR) is 119 cm³/mol. The van der Waals surface area contributed by atoms with E-state index in [0.29, 0.717) is 29.8 Å². The molecule has 0 saturated heterocycles. The molecule has 0 aromatic heterocycles. The number of ketones is 1. The average Bonchev–Trinajstić information content (AvgIpc) is 2.71. The largest absolute Gasteiger partial charge is 0.331 e. The van der Waals surface area contributed by atoms with E-state index in [4.69, 9.17) is 0 Å². The molecule has 0 fully saturated rings. The Hall–Kier alpha value is -3.46. The number of nitrogens with zero attached hydrogens (tertiary/aromatic N) is 1. The summed E-state index contributed by atoms with van der Waals surface area (Å²) in [6, 6.07) is 20.3. The van der Waals surface area contributed by atoms with Crippen molar-refractivity contribution < 1.29 is 9.59 Å². The molecule has 0 unspecified atom stereocenters. The molecule has 0 aliphatic carbocycles. The molecular weight excluding hydrogens is 358 g/mol. The van der Waals surface area contributed by atoms with E-state index < -0.39 is 0 Å². The lowest BCUT2D eigenvalue weighted by Crippen LogP contribution is -2.33. The molecule has 146 valence electrons. The molecule has 3 nitrogen and oxygen atoms in total. The van der Waals surface area contributed by atoms with Crippen molar-refractivity contribution in [2.24, 2.45) is 0 Å². The van der Waals surface area contributed by atoms with Crippen molar-refractivity contribution in [3.05, 3.63) is 108 Å². The van der Waals surface area contributed by atoms with Crippen LogP contribution >= 0.6 is 0 Å². The van der Waals surface area contributed by atoms with Crippen molar-refractivity contribution in [2.75, 3.05) is 13.1 Å². The fourth-order valence-electron chi connectivity index (χ4n) is 3.45. The Morgan fingerprint density at radius 2 is 1.21 bits per heavy atom. The van der Waals surface area contributed by atoms with E-state index in [2.05, 4.69) is 13.2 Å². The van der Waals surface area contributed by atoms with Gasteiger partial charge in [0, 0.05) is 29.8 Å². The first-order valence-electron chi connectivity index (χ1n) is 9.58. The Kier molecular flexibility index (Phi) is 6.08. The van der Waals surface area contributed by atoms with E-state index in [9.17, 15) is 9.59 Å². The highest BCUT2D eigenvalue weighted by Crippen LogP contribution is 2.26. The molecule has 1 amide bonds. The molecule has 3 aromatic rings. The van der Waals surface area contributed by atoms with E-state index in [1.165, 1.54) is 0 Å². The lowest BCUT2D eigenvalue weighted by atomic mass is 9.94. The summed E-state index contributed by atoms with van der Waals surface area (Å²) in [6.45, 7) is 12.6. The number of rotatable bonds is 7. The second-order valence-corrected chi connectivity index (χ2v) is 7.48. The third-order valence-electron chi connectivity index (χ3n) is 4.64. The lowest BCUT2D eigenvalue weighted by molar-refractivity contribution is 0.0785.